The van der Waals surface area contributed by atoms with E-state index in [1.807, 2.05) is 24.3 Å². The van der Waals surface area contributed by atoms with Gasteiger partial charge in [-0.25, -0.2) is 4.39 Å². The van der Waals surface area contributed by atoms with Crippen molar-refractivity contribution in [2.24, 2.45) is 0 Å². The first-order valence-corrected chi connectivity index (χ1v) is 5.99. The van der Waals surface area contributed by atoms with Gasteiger partial charge in [-0.3, -0.25) is 0 Å². The second-order valence-electron chi connectivity index (χ2n) is 4.54. The zero-order valence-corrected chi connectivity index (χ0v) is 10.2. The first-order valence-electron chi connectivity index (χ1n) is 5.99. The fraction of sp³-hybridized carbons (Fsp3) is 0.0588. The van der Waals surface area contributed by atoms with Crippen molar-refractivity contribution in [3.05, 3.63) is 72.0 Å². The fourth-order valence-electron chi connectivity index (χ4n) is 2.33. The van der Waals surface area contributed by atoms with Gasteiger partial charge < -0.3 is 0 Å². The Morgan fingerprint density at radius 1 is 0.722 bits per heavy atom. The summed E-state index contributed by atoms with van der Waals surface area (Å²) in [5.41, 5.74) is 5.87. The molecule has 1 aromatic carbocycles. The number of hydrogen-bond donors (Lipinski definition) is 0. The molecule has 0 radical (unpaired) electrons. The Kier molecular flexibility index (Phi) is 2.60. The average molecular weight is 236 g/mol. The molecule has 0 spiro atoms. The summed E-state index contributed by atoms with van der Waals surface area (Å²) < 4.78 is 13.0. The molecule has 2 aliphatic carbocycles. The zero-order chi connectivity index (χ0) is 12.5. The van der Waals surface area contributed by atoms with Crippen LogP contribution in [0, 0.1) is 12.7 Å². The summed E-state index contributed by atoms with van der Waals surface area (Å²) in [7, 11) is 0. The monoisotopic (exact) mass is 236 g/mol. The van der Waals surface area contributed by atoms with Crippen LogP contribution in [0.1, 0.15) is 5.56 Å². The number of aryl methyl sites for hydroxylation is 1. The van der Waals surface area contributed by atoms with E-state index in [-0.39, 0.29) is 5.82 Å². The van der Waals surface area contributed by atoms with Gasteiger partial charge in [-0.05, 0) is 46.9 Å². The van der Waals surface area contributed by atoms with Crippen LogP contribution >= 0.6 is 0 Å². The average Bonchev–Trinajstić information content (AvgIpc) is 2.61. The van der Waals surface area contributed by atoms with Crippen molar-refractivity contribution in [2.75, 3.05) is 0 Å². The smallest absolute Gasteiger partial charge is 0.123 e. The van der Waals surface area contributed by atoms with Gasteiger partial charge in [0, 0.05) is 0 Å². The minimum absolute atomic E-state index is 0.200. The molecule has 18 heavy (non-hydrogen) atoms. The highest BCUT2D eigenvalue weighted by Gasteiger charge is 2.09. The van der Waals surface area contributed by atoms with E-state index < -0.39 is 0 Å². The van der Waals surface area contributed by atoms with Gasteiger partial charge in [0.2, 0.25) is 0 Å². The lowest BCUT2D eigenvalue weighted by atomic mass is 10.0. The van der Waals surface area contributed by atoms with Crippen molar-refractivity contribution in [3.8, 4) is 22.3 Å². The number of benzene rings is 1. The van der Waals surface area contributed by atoms with Crippen LogP contribution in [0.25, 0.3) is 22.3 Å². The Labute approximate surface area is 106 Å². The van der Waals surface area contributed by atoms with E-state index in [1.165, 1.54) is 28.8 Å². The largest absolute Gasteiger partial charge is 0.207 e. The highest BCUT2D eigenvalue weighted by Crippen LogP contribution is 2.34. The van der Waals surface area contributed by atoms with Crippen LogP contribution in [0.2, 0.25) is 0 Å². The quantitative estimate of drug-likeness (QED) is 0.563. The first kappa shape index (κ1) is 11.0. The van der Waals surface area contributed by atoms with Gasteiger partial charge in [0.15, 0.2) is 0 Å². The SMILES string of the molecule is Cc1cc2ccccc(-c3ccc(F)cc3)c-2c1. The number of fused-ring (bicyclic) bond motifs is 1. The van der Waals surface area contributed by atoms with Gasteiger partial charge in [-0.15, -0.1) is 0 Å². The maximum atomic E-state index is 13.0. The van der Waals surface area contributed by atoms with Crippen molar-refractivity contribution in [2.45, 2.75) is 6.92 Å². The molecule has 0 heterocycles. The number of hydrogen-bond acceptors (Lipinski definition) is 0. The Bertz CT molecular complexity index is 653. The van der Waals surface area contributed by atoms with E-state index in [0.717, 1.165) is 11.1 Å². The summed E-state index contributed by atoms with van der Waals surface area (Å²) in [5.74, 6) is -0.200. The predicted octanol–water partition coefficient (Wildman–Crippen LogP) is 4.91. The third kappa shape index (κ3) is 1.88. The molecule has 0 fully saturated rings. The standard InChI is InChI=1S/C17H13F/c1-12-10-14-4-2-3-5-16(17(14)11-12)13-6-8-15(18)9-7-13/h2-11H,1H3. The molecular weight excluding hydrogens is 223 g/mol. The van der Waals surface area contributed by atoms with Gasteiger partial charge in [0.05, 0.1) is 0 Å². The molecule has 1 aromatic rings. The van der Waals surface area contributed by atoms with Crippen LogP contribution in [0.15, 0.2) is 60.7 Å². The topological polar surface area (TPSA) is 0 Å². The summed E-state index contributed by atoms with van der Waals surface area (Å²) in [6, 6.07) is 19.2. The van der Waals surface area contributed by atoms with Crippen molar-refractivity contribution in [1.29, 1.82) is 0 Å². The lowest BCUT2D eigenvalue weighted by molar-refractivity contribution is 0.628. The molecule has 0 saturated carbocycles. The molecule has 1 heteroatoms. The molecule has 0 aromatic heterocycles. The minimum Gasteiger partial charge on any atom is -0.207 e. The third-order valence-corrected chi connectivity index (χ3v) is 3.16. The molecule has 0 N–H and O–H groups in total. The Balaban J connectivity index is 2.24. The third-order valence-electron chi connectivity index (χ3n) is 3.16. The summed E-state index contributed by atoms with van der Waals surface area (Å²) in [5, 5.41) is 0. The van der Waals surface area contributed by atoms with Crippen LogP contribution in [-0.2, 0) is 0 Å². The fourth-order valence-corrected chi connectivity index (χ4v) is 2.33. The molecule has 0 nitrogen and oxygen atoms in total. The van der Waals surface area contributed by atoms with Gasteiger partial charge >= 0.3 is 0 Å². The van der Waals surface area contributed by atoms with E-state index in [0.29, 0.717) is 0 Å². The number of halogens is 1. The summed E-state index contributed by atoms with van der Waals surface area (Å²) in [4.78, 5) is 0. The van der Waals surface area contributed by atoms with E-state index >= 15 is 0 Å². The molecule has 88 valence electrons. The maximum Gasteiger partial charge on any atom is 0.123 e. The van der Waals surface area contributed by atoms with Crippen molar-refractivity contribution < 1.29 is 4.39 Å². The normalized spacial score (nSPS) is 10.8. The van der Waals surface area contributed by atoms with Gasteiger partial charge in [0.25, 0.3) is 0 Å². The van der Waals surface area contributed by atoms with Crippen molar-refractivity contribution in [1.82, 2.24) is 0 Å². The first-order chi connectivity index (χ1) is 8.74. The molecule has 0 unspecified atom stereocenters. The van der Waals surface area contributed by atoms with E-state index in [9.17, 15) is 4.39 Å². The Morgan fingerprint density at radius 2 is 1.44 bits per heavy atom. The second-order valence-corrected chi connectivity index (χ2v) is 4.54. The zero-order valence-electron chi connectivity index (χ0n) is 10.2. The Morgan fingerprint density at radius 3 is 2.22 bits per heavy atom. The van der Waals surface area contributed by atoms with Gasteiger partial charge in [-0.2, -0.15) is 0 Å². The highest BCUT2D eigenvalue weighted by atomic mass is 19.1. The Hall–Kier alpha value is -2.15. The van der Waals surface area contributed by atoms with Crippen LogP contribution in [-0.4, -0.2) is 0 Å². The molecule has 0 aliphatic heterocycles. The van der Waals surface area contributed by atoms with Crippen LogP contribution in [0.5, 0.6) is 0 Å². The lowest BCUT2D eigenvalue weighted by Crippen LogP contribution is -1.80. The summed E-state index contributed by atoms with van der Waals surface area (Å²) >= 11 is 0. The summed E-state index contributed by atoms with van der Waals surface area (Å²) in [6.45, 7) is 2.09. The molecule has 0 bridgehead atoms. The van der Waals surface area contributed by atoms with Crippen molar-refractivity contribution in [3.63, 3.8) is 0 Å². The molecule has 0 saturated heterocycles. The van der Waals surface area contributed by atoms with Gasteiger partial charge in [-0.1, -0.05) is 48.5 Å². The highest BCUT2D eigenvalue weighted by molar-refractivity contribution is 5.85. The van der Waals surface area contributed by atoms with Gasteiger partial charge in [0.1, 0.15) is 5.82 Å². The maximum absolute atomic E-state index is 13.0. The molecular formula is C17H13F. The molecule has 0 atom stereocenters. The lowest BCUT2D eigenvalue weighted by Gasteiger charge is -2.04. The molecule has 0 amide bonds. The van der Waals surface area contributed by atoms with Crippen LogP contribution in [0.3, 0.4) is 0 Å². The summed E-state index contributed by atoms with van der Waals surface area (Å²) in [6.07, 6.45) is 0. The van der Waals surface area contributed by atoms with Crippen LogP contribution < -0.4 is 0 Å². The minimum atomic E-state index is -0.200. The number of rotatable bonds is 1. The predicted molar refractivity (Wildman–Crippen MR) is 73.2 cm³/mol. The van der Waals surface area contributed by atoms with Crippen LogP contribution in [0.4, 0.5) is 4.39 Å². The second kappa shape index (κ2) is 4.26. The van der Waals surface area contributed by atoms with Crippen molar-refractivity contribution >= 4 is 0 Å². The molecule has 2 aliphatic rings. The van der Waals surface area contributed by atoms with E-state index in [1.54, 1.807) is 0 Å². The van der Waals surface area contributed by atoms with E-state index in [4.69, 9.17) is 0 Å². The molecule has 3 rings (SSSR count). The van der Waals surface area contributed by atoms with E-state index in [2.05, 4.69) is 31.2 Å².